The molecule has 1 fully saturated rings. The van der Waals surface area contributed by atoms with Crippen LogP contribution in [-0.2, 0) is 14.8 Å². The molecule has 1 aliphatic rings. The standard InChI is InChI=1S/C25H26FN5O3S2.3H2/c1-17(31-15-11-21-22(26)3-2-4-23(21)31)24(32)28-18-9-13-30(14-10-18)19-5-7-20(8-6-19)36(33,34)29-25-27-12-16-35-25;;;/h2-8,11-12,15-18H,9-10,13-14H2,1H3,(H,27,29)(H,28,32);3*1H/t17-;;;/m1.../s1. The summed E-state index contributed by atoms with van der Waals surface area (Å²) in [5.41, 5.74) is 1.63. The smallest absolute Gasteiger partial charge is 0.263 e. The third-order valence-electron chi connectivity index (χ3n) is 6.51. The van der Waals surface area contributed by atoms with Gasteiger partial charge in [0, 0.05) is 52.3 Å². The molecule has 0 saturated carbocycles. The highest BCUT2D eigenvalue weighted by atomic mass is 32.2. The fraction of sp³-hybridized carbons (Fsp3) is 0.280. The number of rotatable bonds is 7. The Morgan fingerprint density at radius 2 is 1.92 bits per heavy atom. The van der Waals surface area contributed by atoms with E-state index in [1.165, 1.54) is 17.4 Å². The lowest BCUT2D eigenvalue weighted by Crippen LogP contribution is -2.46. The van der Waals surface area contributed by atoms with E-state index in [2.05, 4.69) is 19.9 Å². The highest BCUT2D eigenvalue weighted by Crippen LogP contribution is 2.25. The van der Waals surface area contributed by atoms with E-state index in [4.69, 9.17) is 0 Å². The van der Waals surface area contributed by atoms with Crippen molar-refractivity contribution in [2.75, 3.05) is 22.7 Å². The number of aromatic nitrogens is 2. The molecule has 2 N–H and O–H groups in total. The number of thiazole rings is 1. The zero-order valence-electron chi connectivity index (χ0n) is 19.6. The second-order valence-electron chi connectivity index (χ2n) is 8.78. The van der Waals surface area contributed by atoms with E-state index in [1.807, 2.05) is 13.0 Å². The van der Waals surface area contributed by atoms with Gasteiger partial charge in [-0.15, -0.1) is 11.3 Å². The van der Waals surface area contributed by atoms with Gasteiger partial charge >= 0.3 is 0 Å². The Morgan fingerprint density at radius 1 is 1.17 bits per heavy atom. The number of carbonyl (C=O) groups is 1. The van der Waals surface area contributed by atoms with Gasteiger partial charge in [-0.05, 0) is 62.2 Å². The Balaban J connectivity index is 0.00000178. The number of carbonyl (C=O) groups excluding carboxylic acids is 1. The average molecular weight is 534 g/mol. The van der Waals surface area contributed by atoms with Crippen LogP contribution >= 0.6 is 11.3 Å². The molecule has 1 aliphatic heterocycles. The van der Waals surface area contributed by atoms with Gasteiger partial charge in [-0.1, -0.05) is 6.07 Å². The largest absolute Gasteiger partial charge is 0.371 e. The molecule has 1 atom stereocenters. The number of sulfonamides is 1. The maximum atomic E-state index is 14.0. The number of piperidine rings is 1. The highest BCUT2D eigenvalue weighted by Gasteiger charge is 2.25. The van der Waals surface area contributed by atoms with Crippen LogP contribution in [0.1, 0.15) is 30.1 Å². The van der Waals surface area contributed by atoms with Crippen LogP contribution in [0, 0.1) is 5.82 Å². The molecular weight excluding hydrogens is 501 g/mol. The molecule has 2 aromatic heterocycles. The van der Waals surface area contributed by atoms with E-state index in [9.17, 15) is 17.6 Å². The Bertz CT molecular complexity index is 1480. The number of nitrogens with zero attached hydrogens (tertiary/aromatic N) is 3. The minimum atomic E-state index is -3.69. The number of benzene rings is 2. The Hall–Kier alpha value is -3.44. The summed E-state index contributed by atoms with van der Waals surface area (Å²) in [6, 6.07) is 12.9. The molecule has 0 aliphatic carbocycles. The first-order chi connectivity index (χ1) is 17.3. The molecule has 3 heterocycles. The predicted molar refractivity (Wildman–Crippen MR) is 146 cm³/mol. The number of fused-ring (bicyclic) bond motifs is 1. The quantitative estimate of drug-likeness (QED) is 0.344. The molecule has 5 rings (SSSR count). The summed E-state index contributed by atoms with van der Waals surface area (Å²) in [4.78, 5) is 19.2. The van der Waals surface area contributed by atoms with E-state index in [0.717, 1.165) is 31.6 Å². The third-order valence-corrected chi connectivity index (χ3v) is 8.69. The monoisotopic (exact) mass is 533 g/mol. The molecule has 0 spiro atoms. The molecule has 0 unspecified atom stereocenters. The van der Waals surface area contributed by atoms with Gasteiger partial charge in [0.15, 0.2) is 5.13 Å². The van der Waals surface area contributed by atoms with Gasteiger partial charge < -0.3 is 14.8 Å². The molecule has 0 radical (unpaired) electrons. The van der Waals surface area contributed by atoms with Crippen LogP contribution in [0.2, 0.25) is 0 Å². The minimum Gasteiger partial charge on any atom is -0.371 e. The van der Waals surface area contributed by atoms with E-state index in [0.29, 0.717) is 16.0 Å². The van der Waals surface area contributed by atoms with Crippen LogP contribution in [-0.4, -0.2) is 43.0 Å². The van der Waals surface area contributed by atoms with Crippen molar-refractivity contribution in [3.8, 4) is 0 Å². The second kappa shape index (κ2) is 9.90. The van der Waals surface area contributed by atoms with Crippen LogP contribution in [0.15, 0.2) is 71.2 Å². The van der Waals surface area contributed by atoms with Crippen LogP contribution in [0.4, 0.5) is 15.2 Å². The maximum absolute atomic E-state index is 14.0. The topological polar surface area (TPSA) is 96.3 Å². The van der Waals surface area contributed by atoms with Gasteiger partial charge in [0.25, 0.3) is 10.0 Å². The average Bonchev–Trinajstić information content (AvgIpc) is 3.54. The molecule has 0 bridgehead atoms. The first-order valence-corrected chi connectivity index (χ1v) is 14.0. The van der Waals surface area contributed by atoms with E-state index >= 15 is 0 Å². The molecule has 1 amide bonds. The van der Waals surface area contributed by atoms with Gasteiger partial charge in [-0.25, -0.2) is 17.8 Å². The van der Waals surface area contributed by atoms with Gasteiger partial charge in [-0.2, -0.15) is 0 Å². The van der Waals surface area contributed by atoms with E-state index in [-0.39, 0.29) is 26.9 Å². The van der Waals surface area contributed by atoms with Crippen LogP contribution in [0.25, 0.3) is 10.9 Å². The Labute approximate surface area is 217 Å². The number of halogens is 1. The molecular formula is C25H32FN5O3S2. The summed E-state index contributed by atoms with van der Waals surface area (Å²) in [6.45, 7) is 3.29. The molecule has 1 saturated heterocycles. The molecule has 8 nitrogen and oxygen atoms in total. The lowest BCUT2D eigenvalue weighted by molar-refractivity contribution is -0.124. The number of hydrogen-bond donors (Lipinski definition) is 2. The van der Waals surface area contributed by atoms with Crippen molar-refractivity contribution in [2.45, 2.75) is 36.7 Å². The van der Waals surface area contributed by atoms with Gasteiger partial charge in [0.05, 0.1) is 10.4 Å². The Kier molecular flexibility index (Phi) is 6.67. The maximum Gasteiger partial charge on any atom is 0.263 e. The van der Waals surface area contributed by atoms with Crippen molar-refractivity contribution in [2.24, 2.45) is 0 Å². The van der Waals surface area contributed by atoms with Crippen molar-refractivity contribution in [1.29, 1.82) is 0 Å². The summed E-state index contributed by atoms with van der Waals surface area (Å²) < 4.78 is 43.4. The van der Waals surface area contributed by atoms with Crippen molar-refractivity contribution in [3.05, 3.63) is 72.1 Å². The number of nitrogens with one attached hydrogen (secondary N) is 2. The summed E-state index contributed by atoms with van der Waals surface area (Å²) in [7, 11) is -3.69. The fourth-order valence-electron chi connectivity index (χ4n) is 4.50. The predicted octanol–water partition coefficient (Wildman–Crippen LogP) is 5.12. The molecule has 194 valence electrons. The molecule has 11 heteroatoms. The first-order valence-electron chi connectivity index (χ1n) is 11.6. The first kappa shape index (κ1) is 24.3. The normalized spacial score (nSPS) is 15.7. The zero-order chi connectivity index (χ0) is 25.3. The molecule has 36 heavy (non-hydrogen) atoms. The van der Waals surface area contributed by atoms with Crippen molar-refractivity contribution >= 4 is 49.0 Å². The van der Waals surface area contributed by atoms with Gasteiger partial charge in [0.1, 0.15) is 11.9 Å². The summed E-state index contributed by atoms with van der Waals surface area (Å²) in [5, 5.41) is 5.67. The van der Waals surface area contributed by atoms with Crippen molar-refractivity contribution < 1.29 is 21.9 Å². The van der Waals surface area contributed by atoms with Gasteiger partial charge in [0.2, 0.25) is 5.91 Å². The summed E-state index contributed by atoms with van der Waals surface area (Å²) in [5.74, 6) is -0.398. The SMILES string of the molecule is C[C@H](C(=O)NC1CCN(c2ccc(S(=O)(=O)Nc3nccs3)cc2)CC1)n1ccc2c(F)cccc21.[HH].[HH].[HH]. The number of hydrogen-bond acceptors (Lipinski definition) is 6. The van der Waals surface area contributed by atoms with E-state index in [1.54, 1.807) is 58.7 Å². The Morgan fingerprint density at radius 3 is 2.61 bits per heavy atom. The number of anilines is 2. The fourth-order valence-corrected chi connectivity index (χ4v) is 6.29. The van der Waals surface area contributed by atoms with Crippen molar-refractivity contribution in [1.82, 2.24) is 14.9 Å². The third kappa shape index (κ3) is 4.93. The second-order valence-corrected chi connectivity index (χ2v) is 11.4. The summed E-state index contributed by atoms with van der Waals surface area (Å²) >= 11 is 1.22. The highest BCUT2D eigenvalue weighted by molar-refractivity contribution is 7.93. The zero-order valence-corrected chi connectivity index (χ0v) is 21.2. The minimum absolute atomic E-state index is 0. The molecule has 2 aromatic carbocycles. The summed E-state index contributed by atoms with van der Waals surface area (Å²) in [6.07, 6.45) is 4.83. The van der Waals surface area contributed by atoms with Crippen molar-refractivity contribution in [3.63, 3.8) is 0 Å². The molecule has 4 aromatic rings. The van der Waals surface area contributed by atoms with Crippen LogP contribution < -0.4 is 14.9 Å². The van der Waals surface area contributed by atoms with E-state index < -0.39 is 16.1 Å². The van der Waals surface area contributed by atoms with Gasteiger partial charge in [-0.3, -0.25) is 9.52 Å². The lowest BCUT2D eigenvalue weighted by atomic mass is 10.0. The van der Waals surface area contributed by atoms with Crippen LogP contribution in [0.3, 0.4) is 0 Å². The number of amides is 1. The van der Waals surface area contributed by atoms with Crippen LogP contribution in [0.5, 0.6) is 0 Å². The lowest BCUT2D eigenvalue weighted by Gasteiger charge is -2.34.